The second kappa shape index (κ2) is 5.84. The first-order valence-electron chi connectivity index (χ1n) is 6.44. The molecule has 0 aliphatic carbocycles. The van der Waals surface area contributed by atoms with Gasteiger partial charge in [-0.1, -0.05) is 0 Å². The monoisotopic (exact) mass is 304 g/mol. The Morgan fingerprint density at radius 1 is 1.52 bits per heavy atom. The molecule has 0 amide bonds. The SMILES string of the molecule is CN1CCCC(Nc2cc(C(F)(F)F)ncc2[N+](=O)[O-])C1. The molecule has 6 nitrogen and oxygen atoms in total. The number of nitrogens with zero attached hydrogens (tertiary/aromatic N) is 3. The fourth-order valence-corrected chi connectivity index (χ4v) is 2.37. The number of pyridine rings is 1. The van der Waals surface area contributed by atoms with Crippen LogP contribution in [-0.4, -0.2) is 41.0 Å². The van der Waals surface area contributed by atoms with E-state index in [-0.39, 0.29) is 11.7 Å². The first kappa shape index (κ1) is 15.5. The maximum Gasteiger partial charge on any atom is 0.433 e. The van der Waals surface area contributed by atoms with Gasteiger partial charge in [0.15, 0.2) is 0 Å². The van der Waals surface area contributed by atoms with Gasteiger partial charge in [-0.3, -0.25) is 10.1 Å². The van der Waals surface area contributed by atoms with Gasteiger partial charge >= 0.3 is 11.9 Å². The van der Waals surface area contributed by atoms with E-state index in [4.69, 9.17) is 0 Å². The molecule has 0 radical (unpaired) electrons. The molecule has 1 unspecified atom stereocenters. The number of aromatic nitrogens is 1. The maximum absolute atomic E-state index is 12.7. The van der Waals surface area contributed by atoms with Crippen molar-refractivity contribution in [1.82, 2.24) is 9.88 Å². The average Bonchev–Trinajstić information content (AvgIpc) is 2.37. The predicted molar refractivity (Wildman–Crippen MR) is 70.0 cm³/mol. The van der Waals surface area contributed by atoms with E-state index in [1.807, 2.05) is 11.9 Å². The minimum atomic E-state index is -4.63. The van der Waals surface area contributed by atoms with E-state index in [9.17, 15) is 23.3 Å². The number of rotatable bonds is 3. The summed E-state index contributed by atoms with van der Waals surface area (Å²) in [5.74, 6) is 0. The molecule has 1 atom stereocenters. The Hall–Kier alpha value is -1.90. The van der Waals surface area contributed by atoms with Crippen molar-refractivity contribution in [2.75, 3.05) is 25.5 Å². The summed E-state index contributed by atoms with van der Waals surface area (Å²) in [6.07, 6.45) is -2.34. The molecule has 1 aliphatic heterocycles. The van der Waals surface area contributed by atoms with E-state index < -0.39 is 22.5 Å². The van der Waals surface area contributed by atoms with Crippen LogP contribution >= 0.6 is 0 Å². The molecule has 1 N–H and O–H groups in total. The molecular weight excluding hydrogens is 289 g/mol. The Labute approximate surface area is 119 Å². The van der Waals surface area contributed by atoms with Crippen LogP contribution in [0.2, 0.25) is 0 Å². The van der Waals surface area contributed by atoms with Crippen LogP contribution in [0.4, 0.5) is 24.5 Å². The lowest BCUT2D eigenvalue weighted by Gasteiger charge is -2.30. The first-order valence-corrected chi connectivity index (χ1v) is 6.44. The number of anilines is 1. The number of nitro groups is 1. The van der Waals surface area contributed by atoms with Gasteiger partial charge in [-0.15, -0.1) is 0 Å². The third kappa shape index (κ3) is 3.81. The van der Waals surface area contributed by atoms with Gasteiger partial charge in [-0.05, 0) is 32.5 Å². The van der Waals surface area contributed by atoms with Gasteiger partial charge in [-0.25, -0.2) is 4.98 Å². The van der Waals surface area contributed by atoms with Crippen LogP contribution in [0.1, 0.15) is 18.5 Å². The van der Waals surface area contributed by atoms with Crippen LogP contribution < -0.4 is 5.32 Å². The van der Waals surface area contributed by atoms with E-state index in [1.54, 1.807) is 0 Å². The maximum atomic E-state index is 12.7. The van der Waals surface area contributed by atoms with E-state index in [0.717, 1.165) is 19.4 Å². The van der Waals surface area contributed by atoms with E-state index in [0.29, 0.717) is 18.8 Å². The molecule has 21 heavy (non-hydrogen) atoms. The molecule has 2 heterocycles. The Bertz CT molecular complexity index is 536. The van der Waals surface area contributed by atoms with Crippen LogP contribution in [0.15, 0.2) is 12.3 Å². The van der Waals surface area contributed by atoms with Crippen LogP contribution in [-0.2, 0) is 6.18 Å². The molecule has 1 saturated heterocycles. The summed E-state index contributed by atoms with van der Waals surface area (Å²) in [7, 11) is 1.90. The van der Waals surface area contributed by atoms with Crippen LogP contribution in [0.25, 0.3) is 0 Å². The van der Waals surface area contributed by atoms with Gasteiger partial charge in [0.05, 0.1) is 4.92 Å². The smallest absolute Gasteiger partial charge is 0.375 e. The largest absolute Gasteiger partial charge is 0.433 e. The van der Waals surface area contributed by atoms with Crippen molar-refractivity contribution in [1.29, 1.82) is 0 Å². The number of piperidine rings is 1. The van der Waals surface area contributed by atoms with Crippen molar-refractivity contribution in [3.05, 3.63) is 28.1 Å². The number of hydrogen-bond donors (Lipinski definition) is 1. The van der Waals surface area contributed by atoms with Gasteiger partial charge in [0.2, 0.25) is 0 Å². The molecule has 1 aromatic heterocycles. The van der Waals surface area contributed by atoms with Crippen molar-refractivity contribution in [3.8, 4) is 0 Å². The Morgan fingerprint density at radius 2 is 2.24 bits per heavy atom. The zero-order valence-corrected chi connectivity index (χ0v) is 11.4. The fourth-order valence-electron chi connectivity index (χ4n) is 2.37. The van der Waals surface area contributed by atoms with E-state index in [2.05, 4.69) is 10.3 Å². The third-order valence-electron chi connectivity index (χ3n) is 3.35. The Kier molecular flexibility index (Phi) is 4.31. The number of alkyl halides is 3. The first-order chi connectivity index (χ1) is 9.77. The highest BCUT2D eigenvalue weighted by molar-refractivity contribution is 5.61. The molecule has 1 aliphatic rings. The summed E-state index contributed by atoms with van der Waals surface area (Å²) in [5.41, 5.74) is -1.72. The zero-order valence-electron chi connectivity index (χ0n) is 11.4. The van der Waals surface area contributed by atoms with Crippen molar-refractivity contribution in [2.24, 2.45) is 0 Å². The second-order valence-electron chi connectivity index (χ2n) is 5.09. The molecule has 1 fully saturated rings. The van der Waals surface area contributed by atoms with Gasteiger partial charge in [0.25, 0.3) is 0 Å². The summed E-state index contributed by atoms with van der Waals surface area (Å²) in [5, 5.41) is 13.8. The molecular formula is C12H15F3N4O2. The fraction of sp³-hybridized carbons (Fsp3) is 0.583. The third-order valence-corrected chi connectivity index (χ3v) is 3.35. The lowest BCUT2D eigenvalue weighted by molar-refractivity contribution is -0.384. The highest BCUT2D eigenvalue weighted by Gasteiger charge is 2.34. The minimum Gasteiger partial charge on any atom is -0.375 e. The number of nitrogens with one attached hydrogen (secondary N) is 1. The molecule has 0 spiro atoms. The molecule has 0 aromatic carbocycles. The lowest BCUT2D eigenvalue weighted by Crippen LogP contribution is -2.39. The van der Waals surface area contributed by atoms with Crippen LogP contribution in [0.3, 0.4) is 0 Å². The lowest BCUT2D eigenvalue weighted by atomic mass is 10.1. The standard InChI is InChI=1S/C12H15F3N4O2/c1-18-4-2-3-8(7-18)17-9-5-11(12(13,14)15)16-6-10(9)19(20)21/h5-6,8H,2-4,7H2,1H3,(H,16,17). The average molecular weight is 304 g/mol. The normalized spacial score (nSPS) is 20.3. The molecule has 116 valence electrons. The summed E-state index contributed by atoms with van der Waals surface area (Å²) in [4.78, 5) is 15.3. The molecule has 2 rings (SSSR count). The van der Waals surface area contributed by atoms with Crippen molar-refractivity contribution < 1.29 is 18.1 Å². The van der Waals surface area contributed by atoms with Crippen LogP contribution in [0.5, 0.6) is 0 Å². The highest BCUT2D eigenvalue weighted by atomic mass is 19.4. The van der Waals surface area contributed by atoms with E-state index in [1.165, 1.54) is 0 Å². The molecule has 0 bridgehead atoms. The zero-order chi connectivity index (χ0) is 15.6. The topological polar surface area (TPSA) is 71.3 Å². The summed E-state index contributed by atoms with van der Waals surface area (Å²) >= 11 is 0. The number of halogens is 3. The number of hydrogen-bond acceptors (Lipinski definition) is 5. The minimum absolute atomic E-state index is 0.120. The van der Waals surface area contributed by atoms with Crippen molar-refractivity contribution >= 4 is 11.4 Å². The second-order valence-corrected chi connectivity index (χ2v) is 5.09. The van der Waals surface area contributed by atoms with Crippen molar-refractivity contribution in [3.63, 3.8) is 0 Å². The van der Waals surface area contributed by atoms with E-state index >= 15 is 0 Å². The predicted octanol–water partition coefficient (Wildman–Crippen LogP) is 2.51. The van der Waals surface area contributed by atoms with Gasteiger partial charge in [0, 0.05) is 12.6 Å². The Balaban J connectivity index is 2.28. The summed E-state index contributed by atoms with van der Waals surface area (Å²) < 4.78 is 38.0. The summed E-state index contributed by atoms with van der Waals surface area (Å²) in [6.45, 7) is 1.53. The van der Waals surface area contributed by atoms with Crippen LogP contribution in [0, 0.1) is 10.1 Å². The number of likely N-dealkylation sites (N-methyl/N-ethyl adjacent to an activating group) is 1. The van der Waals surface area contributed by atoms with Crippen molar-refractivity contribution in [2.45, 2.75) is 25.1 Å². The number of likely N-dealkylation sites (tertiary alicyclic amines) is 1. The highest BCUT2D eigenvalue weighted by Crippen LogP contribution is 2.33. The van der Waals surface area contributed by atoms with Gasteiger partial charge < -0.3 is 10.2 Å². The summed E-state index contributed by atoms with van der Waals surface area (Å²) in [6, 6.07) is 0.582. The molecule has 9 heteroatoms. The Morgan fingerprint density at radius 3 is 2.81 bits per heavy atom. The molecule has 0 saturated carbocycles. The quantitative estimate of drug-likeness (QED) is 0.686. The van der Waals surface area contributed by atoms with Gasteiger partial charge in [-0.2, -0.15) is 13.2 Å². The van der Waals surface area contributed by atoms with Gasteiger partial charge in [0.1, 0.15) is 17.6 Å². The molecule has 1 aromatic rings.